The van der Waals surface area contributed by atoms with Crippen LogP contribution in [0.2, 0.25) is 0 Å². The first kappa shape index (κ1) is 20.9. The number of hydrogen-bond donors (Lipinski definition) is 0. The minimum absolute atomic E-state index is 1.08. The summed E-state index contributed by atoms with van der Waals surface area (Å²) in [5.74, 6) is 0. The molecule has 22 heavy (non-hydrogen) atoms. The third-order valence-corrected chi connectivity index (χ3v) is 3.66. The fourth-order valence-corrected chi connectivity index (χ4v) is 2.36. The molecule has 0 bridgehead atoms. The van der Waals surface area contributed by atoms with Gasteiger partial charge in [-0.15, -0.1) is 13.2 Å². The van der Waals surface area contributed by atoms with E-state index in [0.29, 0.717) is 0 Å². The summed E-state index contributed by atoms with van der Waals surface area (Å²) >= 11 is 0. The quantitative estimate of drug-likeness (QED) is 0.239. The van der Waals surface area contributed by atoms with Crippen LogP contribution in [0, 0.1) is 0 Å². The van der Waals surface area contributed by atoms with Crippen LogP contribution in [0.25, 0.3) is 0 Å². The Morgan fingerprint density at radius 1 is 0.682 bits per heavy atom. The lowest BCUT2D eigenvalue weighted by atomic mass is 10.2. The van der Waals surface area contributed by atoms with Crippen LogP contribution in [0.5, 0.6) is 0 Å². The molecule has 0 aromatic rings. The van der Waals surface area contributed by atoms with Gasteiger partial charge in [0, 0.05) is 13.1 Å². The van der Waals surface area contributed by atoms with Crippen molar-refractivity contribution in [3.8, 4) is 0 Å². The molecule has 0 rings (SSSR count). The Hall–Kier alpha value is -1.08. The largest absolute Gasteiger partial charge is 0.296 e. The molecule has 0 atom stereocenters. The van der Waals surface area contributed by atoms with E-state index in [1.54, 1.807) is 0 Å². The minimum atomic E-state index is 1.08. The number of allylic oxidation sites excluding steroid dienone is 4. The zero-order valence-electron chi connectivity index (χ0n) is 14.8. The van der Waals surface area contributed by atoms with E-state index in [-0.39, 0.29) is 0 Å². The molecule has 0 aromatic heterocycles. The van der Waals surface area contributed by atoms with Crippen LogP contribution in [0.3, 0.4) is 0 Å². The van der Waals surface area contributed by atoms with Gasteiger partial charge >= 0.3 is 0 Å². The fourth-order valence-electron chi connectivity index (χ4n) is 2.36. The molecule has 0 heterocycles. The smallest absolute Gasteiger partial charge is 0.0166 e. The summed E-state index contributed by atoms with van der Waals surface area (Å²) < 4.78 is 0. The van der Waals surface area contributed by atoms with Crippen molar-refractivity contribution in [1.82, 2.24) is 4.90 Å². The molecule has 0 aliphatic carbocycles. The second-order valence-corrected chi connectivity index (χ2v) is 5.85. The molecule has 0 fully saturated rings. The first-order chi connectivity index (χ1) is 10.8. The average Bonchev–Trinajstić information content (AvgIpc) is 2.53. The van der Waals surface area contributed by atoms with Crippen molar-refractivity contribution in [3.63, 3.8) is 0 Å². The van der Waals surface area contributed by atoms with E-state index in [1.165, 1.54) is 51.5 Å². The number of nitrogens with zero attached hydrogens (tertiary/aromatic N) is 1. The molecule has 0 amide bonds. The van der Waals surface area contributed by atoms with Gasteiger partial charge in [-0.3, -0.25) is 4.90 Å². The maximum atomic E-state index is 3.76. The van der Waals surface area contributed by atoms with Crippen molar-refractivity contribution in [2.24, 2.45) is 0 Å². The summed E-state index contributed by atoms with van der Waals surface area (Å²) in [5, 5.41) is 0. The maximum absolute atomic E-state index is 3.76. The molecule has 0 radical (unpaired) electrons. The van der Waals surface area contributed by atoms with Gasteiger partial charge in [0.25, 0.3) is 0 Å². The van der Waals surface area contributed by atoms with Gasteiger partial charge in [-0.25, -0.2) is 0 Å². The van der Waals surface area contributed by atoms with Gasteiger partial charge in [0.2, 0.25) is 0 Å². The first-order valence-corrected chi connectivity index (χ1v) is 9.09. The molecule has 1 heteroatoms. The summed E-state index contributed by atoms with van der Waals surface area (Å²) in [6.07, 6.45) is 24.4. The van der Waals surface area contributed by atoms with E-state index in [0.717, 1.165) is 25.9 Å². The van der Waals surface area contributed by atoms with Gasteiger partial charge in [0.1, 0.15) is 0 Å². The summed E-state index contributed by atoms with van der Waals surface area (Å²) in [7, 11) is 0. The van der Waals surface area contributed by atoms with Crippen LogP contribution < -0.4 is 0 Å². The SMILES string of the molecule is C=CCCCCC=CCN(CC=CCCCCC=C)CCC. The normalized spacial score (nSPS) is 11.7. The zero-order valence-corrected chi connectivity index (χ0v) is 14.8. The van der Waals surface area contributed by atoms with Crippen molar-refractivity contribution in [1.29, 1.82) is 0 Å². The lowest BCUT2D eigenvalue weighted by molar-refractivity contribution is 0.335. The maximum Gasteiger partial charge on any atom is 0.0166 e. The second kappa shape index (κ2) is 18.0. The Balaban J connectivity index is 3.75. The zero-order chi connectivity index (χ0) is 16.3. The molecular formula is C21H37N. The van der Waals surface area contributed by atoms with Gasteiger partial charge in [0.05, 0.1) is 0 Å². The standard InChI is InChI=1S/C21H37N/c1-4-7-9-11-13-15-17-20-22(19-6-3)21-18-16-14-12-10-8-5-2/h4-5,15-18H,1-2,6-14,19-21H2,3H3. The molecule has 0 saturated heterocycles. The Bertz CT molecular complexity index is 273. The summed E-state index contributed by atoms with van der Waals surface area (Å²) in [5.41, 5.74) is 0. The van der Waals surface area contributed by atoms with E-state index in [4.69, 9.17) is 0 Å². The molecular weight excluding hydrogens is 266 g/mol. The van der Waals surface area contributed by atoms with Crippen LogP contribution in [0.15, 0.2) is 49.6 Å². The summed E-state index contributed by atoms with van der Waals surface area (Å²) in [4.78, 5) is 2.51. The Labute approximate surface area is 139 Å². The lowest BCUT2D eigenvalue weighted by Crippen LogP contribution is -2.24. The Morgan fingerprint density at radius 3 is 1.55 bits per heavy atom. The molecule has 0 saturated carbocycles. The van der Waals surface area contributed by atoms with Gasteiger partial charge in [-0.2, -0.15) is 0 Å². The monoisotopic (exact) mass is 303 g/mol. The predicted octanol–water partition coefficient (Wildman–Crippen LogP) is 6.30. The molecule has 0 N–H and O–H groups in total. The van der Waals surface area contributed by atoms with Crippen molar-refractivity contribution in [2.45, 2.75) is 64.7 Å². The number of rotatable bonds is 16. The highest BCUT2D eigenvalue weighted by Gasteiger charge is 1.98. The highest BCUT2D eigenvalue weighted by molar-refractivity contribution is 4.90. The highest BCUT2D eigenvalue weighted by atomic mass is 15.1. The van der Waals surface area contributed by atoms with Crippen molar-refractivity contribution in [2.75, 3.05) is 19.6 Å². The predicted molar refractivity (Wildman–Crippen MR) is 102 cm³/mol. The van der Waals surface area contributed by atoms with Crippen molar-refractivity contribution < 1.29 is 0 Å². The average molecular weight is 304 g/mol. The second-order valence-electron chi connectivity index (χ2n) is 5.85. The van der Waals surface area contributed by atoms with Crippen LogP contribution in [0.1, 0.15) is 64.7 Å². The van der Waals surface area contributed by atoms with E-state index in [9.17, 15) is 0 Å². The van der Waals surface area contributed by atoms with Crippen molar-refractivity contribution >= 4 is 0 Å². The van der Waals surface area contributed by atoms with Gasteiger partial charge in [-0.05, 0) is 64.3 Å². The first-order valence-electron chi connectivity index (χ1n) is 9.09. The van der Waals surface area contributed by atoms with Crippen LogP contribution in [-0.4, -0.2) is 24.5 Å². The molecule has 1 nitrogen and oxygen atoms in total. The van der Waals surface area contributed by atoms with Gasteiger partial charge < -0.3 is 0 Å². The van der Waals surface area contributed by atoms with Crippen LogP contribution in [0.4, 0.5) is 0 Å². The van der Waals surface area contributed by atoms with Gasteiger partial charge in [-0.1, -0.05) is 43.4 Å². The number of unbranched alkanes of at least 4 members (excludes halogenated alkanes) is 6. The van der Waals surface area contributed by atoms with Crippen LogP contribution >= 0.6 is 0 Å². The lowest BCUT2D eigenvalue weighted by Gasteiger charge is -2.17. The topological polar surface area (TPSA) is 3.24 Å². The molecule has 0 spiro atoms. The fraction of sp³-hybridized carbons (Fsp3) is 0.619. The Morgan fingerprint density at radius 2 is 1.14 bits per heavy atom. The van der Waals surface area contributed by atoms with E-state index in [2.05, 4.69) is 49.3 Å². The molecule has 0 aliphatic heterocycles. The molecule has 0 aromatic carbocycles. The van der Waals surface area contributed by atoms with Gasteiger partial charge in [0.15, 0.2) is 0 Å². The van der Waals surface area contributed by atoms with E-state index in [1.807, 2.05) is 12.2 Å². The third kappa shape index (κ3) is 15.3. The summed E-state index contributed by atoms with van der Waals surface area (Å²) in [6.45, 7) is 13.1. The van der Waals surface area contributed by atoms with Crippen molar-refractivity contribution in [3.05, 3.63) is 49.6 Å². The number of hydrogen-bond acceptors (Lipinski definition) is 1. The molecule has 126 valence electrons. The minimum Gasteiger partial charge on any atom is -0.296 e. The van der Waals surface area contributed by atoms with Crippen LogP contribution in [-0.2, 0) is 0 Å². The molecule has 0 unspecified atom stereocenters. The Kier molecular flexibility index (Phi) is 17.1. The van der Waals surface area contributed by atoms with E-state index >= 15 is 0 Å². The van der Waals surface area contributed by atoms with E-state index < -0.39 is 0 Å². The summed E-state index contributed by atoms with van der Waals surface area (Å²) in [6, 6.07) is 0. The highest BCUT2D eigenvalue weighted by Crippen LogP contribution is 2.03. The molecule has 0 aliphatic rings. The third-order valence-electron chi connectivity index (χ3n) is 3.66.